The summed E-state index contributed by atoms with van der Waals surface area (Å²) in [5.41, 5.74) is 0.426. The van der Waals surface area contributed by atoms with Crippen molar-refractivity contribution in [1.29, 1.82) is 0 Å². The second kappa shape index (κ2) is 6.03. The number of aromatic nitrogens is 4. The van der Waals surface area contributed by atoms with Gasteiger partial charge < -0.3 is 5.11 Å². The Balaban J connectivity index is 2.19. The van der Waals surface area contributed by atoms with Crippen molar-refractivity contribution in [2.75, 3.05) is 0 Å². The number of aliphatic hydroxyl groups excluding tert-OH is 1. The number of pyridine rings is 1. The molecule has 0 aliphatic rings. The molecular formula is C12H16N4O2S. The van der Waals surface area contributed by atoms with Gasteiger partial charge in [0.2, 0.25) is 0 Å². The molecule has 102 valence electrons. The number of rotatable bonds is 5. The minimum Gasteiger partial charge on any atom is -0.387 e. The van der Waals surface area contributed by atoms with Crippen molar-refractivity contribution < 1.29 is 5.11 Å². The highest BCUT2D eigenvalue weighted by atomic mass is 32.2. The summed E-state index contributed by atoms with van der Waals surface area (Å²) in [6.45, 7) is 4.31. The maximum atomic E-state index is 11.5. The summed E-state index contributed by atoms with van der Waals surface area (Å²) in [4.78, 5) is 16.6. The quantitative estimate of drug-likeness (QED) is 0.868. The van der Waals surface area contributed by atoms with Crippen LogP contribution < -0.4 is 5.69 Å². The zero-order valence-electron chi connectivity index (χ0n) is 10.8. The first-order valence-electron chi connectivity index (χ1n) is 6.09. The first kappa shape index (κ1) is 13.8. The third-order valence-corrected chi connectivity index (χ3v) is 3.54. The van der Waals surface area contributed by atoms with Crippen LogP contribution in [0.15, 0.2) is 33.2 Å². The molecule has 2 aromatic heterocycles. The SMILES string of the molecule is CCCn1c(Sc2ccc([C@@H](C)O)nc2)n[nH]c1=O. The van der Waals surface area contributed by atoms with Crippen molar-refractivity contribution >= 4 is 11.8 Å². The predicted octanol–water partition coefficient (Wildman–Crippen LogP) is 1.58. The van der Waals surface area contributed by atoms with Gasteiger partial charge in [-0.3, -0.25) is 9.55 Å². The van der Waals surface area contributed by atoms with Crippen LogP contribution in [0, 0.1) is 0 Å². The maximum Gasteiger partial charge on any atom is 0.343 e. The van der Waals surface area contributed by atoms with Crippen LogP contribution in [0.5, 0.6) is 0 Å². The largest absolute Gasteiger partial charge is 0.387 e. The van der Waals surface area contributed by atoms with Gasteiger partial charge in [-0.15, -0.1) is 5.10 Å². The van der Waals surface area contributed by atoms with Crippen LogP contribution in [-0.2, 0) is 6.54 Å². The third-order valence-electron chi connectivity index (χ3n) is 2.57. The highest BCUT2D eigenvalue weighted by molar-refractivity contribution is 7.99. The molecule has 0 spiro atoms. The lowest BCUT2D eigenvalue weighted by molar-refractivity contribution is 0.194. The molecule has 2 aromatic rings. The molecule has 0 saturated carbocycles. The molecule has 19 heavy (non-hydrogen) atoms. The molecule has 2 heterocycles. The van der Waals surface area contributed by atoms with Crippen molar-refractivity contribution in [2.45, 2.75) is 43.0 Å². The van der Waals surface area contributed by atoms with Crippen LogP contribution in [0.1, 0.15) is 32.1 Å². The Morgan fingerprint density at radius 1 is 1.53 bits per heavy atom. The van der Waals surface area contributed by atoms with Crippen molar-refractivity contribution in [2.24, 2.45) is 0 Å². The Hall–Kier alpha value is -1.60. The third kappa shape index (κ3) is 3.24. The van der Waals surface area contributed by atoms with E-state index >= 15 is 0 Å². The summed E-state index contributed by atoms with van der Waals surface area (Å²) >= 11 is 1.37. The second-order valence-electron chi connectivity index (χ2n) is 4.16. The fourth-order valence-corrected chi connectivity index (χ4v) is 2.43. The fraction of sp³-hybridized carbons (Fsp3) is 0.417. The molecule has 0 aliphatic heterocycles. The van der Waals surface area contributed by atoms with E-state index in [0.29, 0.717) is 17.4 Å². The number of aromatic amines is 1. The monoisotopic (exact) mass is 280 g/mol. The van der Waals surface area contributed by atoms with E-state index in [1.54, 1.807) is 23.8 Å². The molecule has 0 bridgehead atoms. The summed E-state index contributed by atoms with van der Waals surface area (Å²) in [7, 11) is 0. The molecule has 6 nitrogen and oxygen atoms in total. The van der Waals surface area contributed by atoms with Gasteiger partial charge in [0, 0.05) is 17.6 Å². The Kier molecular flexibility index (Phi) is 4.39. The van der Waals surface area contributed by atoms with E-state index in [1.165, 1.54) is 11.8 Å². The minimum atomic E-state index is -0.581. The number of H-pyrrole nitrogens is 1. The van der Waals surface area contributed by atoms with E-state index in [0.717, 1.165) is 11.3 Å². The summed E-state index contributed by atoms with van der Waals surface area (Å²) in [6, 6.07) is 3.62. The molecule has 2 rings (SSSR count). The average Bonchev–Trinajstić information content (AvgIpc) is 2.73. The molecule has 0 radical (unpaired) electrons. The molecule has 0 aliphatic carbocycles. The number of aliphatic hydroxyl groups is 1. The molecule has 1 atom stereocenters. The Morgan fingerprint density at radius 2 is 2.32 bits per heavy atom. The second-order valence-corrected chi connectivity index (χ2v) is 5.20. The molecule has 0 saturated heterocycles. The maximum absolute atomic E-state index is 11.5. The minimum absolute atomic E-state index is 0.196. The van der Waals surface area contributed by atoms with Gasteiger partial charge in [0.05, 0.1) is 11.8 Å². The Bertz CT molecular complexity index is 589. The first-order valence-corrected chi connectivity index (χ1v) is 6.90. The Labute approximate surface area is 114 Å². The van der Waals surface area contributed by atoms with Gasteiger partial charge >= 0.3 is 5.69 Å². The molecule has 0 fully saturated rings. The van der Waals surface area contributed by atoms with Gasteiger partial charge in [-0.1, -0.05) is 6.92 Å². The Morgan fingerprint density at radius 3 is 2.89 bits per heavy atom. The molecule has 2 N–H and O–H groups in total. The van der Waals surface area contributed by atoms with E-state index in [-0.39, 0.29) is 5.69 Å². The van der Waals surface area contributed by atoms with Crippen LogP contribution in [0.3, 0.4) is 0 Å². The van der Waals surface area contributed by atoms with E-state index in [4.69, 9.17) is 0 Å². The van der Waals surface area contributed by atoms with Gasteiger partial charge in [-0.25, -0.2) is 9.89 Å². The van der Waals surface area contributed by atoms with Crippen molar-refractivity contribution in [3.05, 3.63) is 34.5 Å². The first-order chi connectivity index (χ1) is 9.11. The molecule has 7 heteroatoms. The normalized spacial score (nSPS) is 12.6. The van der Waals surface area contributed by atoms with Gasteiger partial charge in [0.15, 0.2) is 5.16 Å². The summed E-state index contributed by atoms with van der Waals surface area (Å²) in [6.07, 6.45) is 1.96. The lowest BCUT2D eigenvalue weighted by Gasteiger charge is -2.05. The summed E-state index contributed by atoms with van der Waals surface area (Å²) in [5.74, 6) is 0. The van der Waals surface area contributed by atoms with Crippen LogP contribution in [0.25, 0.3) is 0 Å². The zero-order chi connectivity index (χ0) is 13.8. The summed E-state index contributed by atoms with van der Waals surface area (Å²) in [5, 5.41) is 16.5. The lowest BCUT2D eigenvalue weighted by Crippen LogP contribution is -2.17. The standard InChI is InChI=1S/C12H16N4O2S/c1-3-6-16-11(18)14-15-12(16)19-9-4-5-10(8(2)17)13-7-9/h4-5,7-8,17H,3,6H2,1-2H3,(H,14,18)/t8-/m1/s1. The molecule has 0 unspecified atom stereocenters. The molecule has 0 amide bonds. The fourth-order valence-electron chi connectivity index (χ4n) is 1.61. The van der Waals surface area contributed by atoms with E-state index in [1.807, 2.05) is 13.0 Å². The highest BCUT2D eigenvalue weighted by Crippen LogP contribution is 2.25. The van der Waals surface area contributed by atoms with Gasteiger partial charge in [-0.05, 0) is 37.2 Å². The van der Waals surface area contributed by atoms with Gasteiger partial charge in [0.1, 0.15) is 0 Å². The zero-order valence-corrected chi connectivity index (χ0v) is 11.6. The van der Waals surface area contributed by atoms with Crippen molar-refractivity contribution in [1.82, 2.24) is 19.7 Å². The highest BCUT2D eigenvalue weighted by Gasteiger charge is 2.10. The number of nitrogens with zero attached hydrogens (tertiary/aromatic N) is 3. The van der Waals surface area contributed by atoms with E-state index < -0.39 is 6.10 Å². The summed E-state index contributed by atoms with van der Waals surface area (Å²) < 4.78 is 1.60. The smallest absolute Gasteiger partial charge is 0.343 e. The van der Waals surface area contributed by atoms with Crippen LogP contribution in [0.4, 0.5) is 0 Å². The van der Waals surface area contributed by atoms with Crippen molar-refractivity contribution in [3.63, 3.8) is 0 Å². The molecule has 0 aromatic carbocycles. The lowest BCUT2D eigenvalue weighted by atomic mass is 10.2. The van der Waals surface area contributed by atoms with Crippen LogP contribution in [-0.4, -0.2) is 24.9 Å². The van der Waals surface area contributed by atoms with Crippen LogP contribution in [0.2, 0.25) is 0 Å². The van der Waals surface area contributed by atoms with Gasteiger partial charge in [-0.2, -0.15) is 0 Å². The average molecular weight is 280 g/mol. The number of nitrogens with one attached hydrogen (secondary N) is 1. The number of hydrogen-bond acceptors (Lipinski definition) is 5. The van der Waals surface area contributed by atoms with E-state index in [2.05, 4.69) is 15.2 Å². The van der Waals surface area contributed by atoms with E-state index in [9.17, 15) is 9.90 Å². The van der Waals surface area contributed by atoms with Gasteiger partial charge in [0.25, 0.3) is 0 Å². The molecular weight excluding hydrogens is 264 g/mol. The topological polar surface area (TPSA) is 83.8 Å². The predicted molar refractivity (Wildman–Crippen MR) is 72.1 cm³/mol. The van der Waals surface area contributed by atoms with Crippen LogP contribution >= 0.6 is 11.8 Å². The number of hydrogen-bond donors (Lipinski definition) is 2. The van der Waals surface area contributed by atoms with Crippen molar-refractivity contribution in [3.8, 4) is 0 Å².